The summed E-state index contributed by atoms with van der Waals surface area (Å²) >= 11 is 0. The van der Waals surface area contributed by atoms with Crippen molar-refractivity contribution in [3.8, 4) is 0 Å². The van der Waals surface area contributed by atoms with E-state index < -0.39 is 0 Å². The minimum absolute atomic E-state index is 0.505. The van der Waals surface area contributed by atoms with Crippen LogP contribution in [0.4, 0.5) is 17.5 Å². The van der Waals surface area contributed by atoms with Crippen molar-refractivity contribution < 1.29 is 0 Å². The van der Waals surface area contributed by atoms with Crippen molar-refractivity contribution >= 4 is 39.4 Å². The second kappa shape index (κ2) is 8.39. The molecule has 1 aromatic carbocycles. The maximum absolute atomic E-state index is 4.98. The maximum Gasteiger partial charge on any atom is 0.230 e. The smallest absolute Gasteiger partial charge is 0.230 e. The number of hydrogen-bond donors (Lipinski definition) is 2. The van der Waals surface area contributed by atoms with E-state index in [1.807, 2.05) is 18.5 Å². The van der Waals surface area contributed by atoms with Gasteiger partial charge >= 0.3 is 0 Å². The first-order valence-corrected chi connectivity index (χ1v) is 11.8. The van der Waals surface area contributed by atoms with Gasteiger partial charge in [0.05, 0.1) is 17.4 Å². The van der Waals surface area contributed by atoms with Crippen molar-refractivity contribution in [2.75, 3.05) is 36.4 Å². The summed E-state index contributed by atoms with van der Waals surface area (Å²) < 4.78 is 2.46. The van der Waals surface area contributed by atoms with Gasteiger partial charge in [-0.15, -0.1) is 0 Å². The molecule has 0 bridgehead atoms. The Bertz CT molecular complexity index is 1220. The first-order valence-electron chi connectivity index (χ1n) is 11.8. The van der Waals surface area contributed by atoms with Crippen LogP contribution in [0.1, 0.15) is 38.1 Å². The molecular weight excluding hydrogens is 398 g/mol. The van der Waals surface area contributed by atoms with E-state index in [-0.39, 0.29) is 0 Å². The first-order chi connectivity index (χ1) is 15.9. The topological polar surface area (TPSA) is 70.9 Å². The van der Waals surface area contributed by atoms with Crippen LogP contribution in [0.25, 0.3) is 21.9 Å². The monoisotopic (exact) mass is 427 g/mol. The molecule has 2 N–H and O–H groups in total. The average Bonchev–Trinajstić information content (AvgIpc) is 3.19. The van der Waals surface area contributed by atoms with Crippen LogP contribution in [0.2, 0.25) is 0 Å². The van der Waals surface area contributed by atoms with Crippen molar-refractivity contribution in [2.45, 2.75) is 38.1 Å². The fourth-order valence-electron chi connectivity index (χ4n) is 5.23. The molecule has 2 aliphatic rings. The Morgan fingerprint density at radius 1 is 0.875 bits per heavy atom. The lowest BCUT2D eigenvalue weighted by molar-refractivity contribution is 0.366. The van der Waals surface area contributed by atoms with E-state index in [9.17, 15) is 0 Å². The van der Waals surface area contributed by atoms with Crippen LogP contribution in [0.5, 0.6) is 0 Å². The third kappa shape index (κ3) is 3.56. The minimum atomic E-state index is 0.505. The van der Waals surface area contributed by atoms with E-state index in [4.69, 9.17) is 4.98 Å². The van der Waals surface area contributed by atoms with Gasteiger partial charge in [-0.25, -0.2) is 9.97 Å². The highest BCUT2D eigenvalue weighted by Gasteiger charge is 2.22. The van der Waals surface area contributed by atoms with Gasteiger partial charge in [-0.05, 0) is 31.0 Å². The Kier molecular flexibility index (Phi) is 5.11. The highest BCUT2D eigenvalue weighted by Crippen LogP contribution is 2.37. The molecule has 164 valence electrons. The normalized spacial score (nSPS) is 17.8. The number of nitrogens with zero attached hydrogens (tertiary/aromatic N) is 5. The number of para-hydroxylation sites is 1. The molecule has 7 nitrogen and oxygen atoms in total. The zero-order chi connectivity index (χ0) is 21.3. The van der Waals surface area contributed by atoms with Gasteiger partial charge < -0.3 is 20.1 Å². The Labute approximate surface area is 187 Å². The lowest BCUT2D eigenvalue weighted by Crippen LogP contribution is -2.43. The van der Waals surface area contributed by atoms with Crippen molar-refractivity contribution in [3.63, 3.8) is 0 Å². The largest absolute Gasteiger partial charge is 0.368 e. The lowest BCUT2D eigenvalue weighted by Gasteiger charge is -2.29. The molecule has 0 radical (unpaired) electrons. The van der Waals surface area contributed by atoms with Crippen LogP contribution in [0, 0.1) is 0 Å². The summed E-state index contributed by atoms with van der Waals surface area (Å²) in [5.41, 5.74) is 3.44. The second-order valence-corrected chi connectivity index (χ2v) is 8.87. The van der Waals surface area contributed by atoms with E-state index in [2.05, 4.69) is 60.4 Å². The van der Waals surface area contributed by atoms with Gasteiger partial charge in [0.15, 0.2) is 0 Å². The van der Waals surface area contributed by atoms with Gasteiger partial charge in [0.2, 0.25) is 5.95 Å². The van der Waals surface area contributed by atoms with Crippen molar-refractivity contribution in [1.29, 1.82) is 0 Å². The number of hydrogen-bond acceptors (Lipinski definition) is 6. The standard InChI is InChI=1S/C25H29N7/c1-2-6-18(7-3-1)32-22-9-5-4-8-20(22)21-17-28-25(30-24(21)32)29-23-11-10-19(16-27-23)31-14-12-26-13-15-31/h4-5,8-11,16-18,26H,1-3,6-7,12-15H2,(H,27,28,29,30). The number of pyridine rings is 1. The Morgan fingerprint density at radius 3 is 2.53 bits per heavy atom. The number of rotatable bonds is 4. The van der Waals surface area contributed by atoms with Crippen LogP contribution in [0.3, 0.4) is 0 Å². The molecule has 0 unspecified atom stereocenters. The molecule has 3 aromatic heterocycles. The van der Waals surface area contributed by atoms with E-state index >= 15 is 0 Å². The molecular formula is C25H29N7. The Balaban J connectivity index is 1.33. The number of anilines is 3. The second-order valence-electron chi connectivity index (χ2n) is 8.87. The predicted octanol–water partition coefficient (Wildman–Crippen LogP) is 4.64. The molecule has 32 heavy (non-hydrogen) atoms. The zero-order valence-electron chi connectivity index (χ0n) is 18.3. The Hall–Kier alpha value is -3.19. The summed E-state index contributed by atoms with van der Waals surface area (Å²) in [7, 11) is 0. The van der Waals surface area contributed by atoms with Gasteiger partial charge in [0.1, 0.15) is 11.5 Å². The summed E-state index contributed by atoms with van der Waals surface area (Å²) in [6.45, 7) is 4.06. The number of benzene rings is 1. The molecule has 6 rings (SSSR count). The van der Waals surface area contributed by atoms with Crippen molar-refractivity contribution in [3.05, 3.63) is 48.8 Å². The fourth-order valence-corrected chi connectivity index (χ4v) is 5.23. The number of nitrogens with one attached hydrogen (secondary N) is 2. The predicted molar refractivity (Wildman–Crippen MR) is 130 cm³/mol. The SMILES string of the molecule is c1ccc2c(c1)c1cnc(Nc3ccc(N4CCNCC4)cn3)nc1n2C1CCCCC1. The molecule has 1 aliphatic carbocycles. The Morgan fingerprint density at radius 2 is 1.72 bits per heavy atom. The van der Waals surface area contributed by atoms with E-state index in [1.54, 1.807) is 0 Å². The third-order valence-corrected chi connectivity index (χ3v) is 6.86. The molecule has 4 heterocycles. The number of fused-ring (bicyclic) bond motifs is 3. The first kappa shape index (κ1) is 19.5. The van der Waals surface area contributed by atoms with E-state index in [0.29, 0.717) is 12.0 Å². The summed E-state index contributed by atoms with van der Waals surface area (Å²) in [6, 6.07) is 13.3. The molecule has 0 amide bonds. The van der Waals surface area contributed by atoms with Crippen LogP contribution < -0.4 is 15.5 Å². The molecule has 7 heteroatoms. The molecule has 0 atom stereocenters. The summed E-state index contributed by atoms with van der Waals surface area (Å²) in [4.78, 5) is 16.6. The highest BCUT2D eigenvalue weighted by molar-refractivity contribution is 6.06. The number of aromatic nitrogens is 4. The van der Waals surface area contributed by atoms with Gasteiger partial charge in [0.25, 0.3) is 0 Å². The minimum Gasteiger partial charge on any atom is -0.368 e. The summed E-state index contributed by atoms with van der Waals surface area (Å²) in [6.07, 6.45) is 10.2. The molecule has 1 saturated carbocycles. The van der Waals surface area contributed by atoms with Crippen LogP contribution in [0.15, 0.2) is 48.8 Å². The molecule has 1 saturated heterocycles. The lowest BCUT2D eigenvalue weighted by atomic mass is 9.95. The van der Waals surface area contributed by atoms with Crippen LogP contribution in [-0.4, -0.2) is 45.7 Å². The highest BCUT2D eigenvalue weighted by atomic mass is 15.2. The van der Waals surface area contributed by atoms with Crippen molar-refractivity contribution in [1.82, 2.24) is 24.8 Å². The quantitative estimate of drug-likeness (QED) is 0.495. The van der Waals surface area contributed by atoms with Crippen LogP contribution in [-0.2, 0) is 0 Å². The van der Waals surface area contributed by atoms with E-state index in [1.165, 1.54) is 43.0 Å². The van der Waals surface area contributed by atoms with Gasteiger partial charge in [-0.2, -0.15) is 4.98 Å². The third-order valence-electron chi connectivity index (χ3n) is 6.86. The molecule has 1 aliphatic heterocycles. The van der Waals surface area contributed by atoms with Crippen LogP contribution >= 0.6 is 0 Å². The molecule has 4 aromatic rings. The maximum atomic E-state index is 4.98. The van der Waals surface area contributed by atoms with Gasteiger partial charge in [-0.1, -0.05) is 37.5 Å². The van der Waals surface area contributed by atoms with Crippen molar-refractivity contribution in [2.24, 2.45) is 0 Å². The van der Waals surface area contributed by atoms with E-state index in [0.717, 1.165) is 48.7 Å². The summed E-state index contributed by atoms with van der Waals surface area (Å²) in [5.74, 6) is 1.36. The fraction of sp³-hybridized carbons (Fsp3) is 0.400. The van der Waals surface area contributed by atoms with Gasteiger partial charge in [-0.3, -0.25) is 0 Å². The van der Waals surface area contributed by atoms with Gasteiger partial charge in [0, 0.05) is 49.2 Å². The molecule has 0 spiro atoms. The average molecular weight is 428 g/mol. The molecule has 2 fully saturated rings. The summed E-state index contributed by atoms with van der Waals surface area (Å²) in [5, 5.41) is 9.07. The zero-order valence-corrected chi connectivity index (χ0v) is 18.3. The number of piperazine rings is 1.